The predicted molar refractivity (Wildman–Crippen MR) is 63.9 cm³/mol. The highest BCUT2D eigenvalue weighted by atomic mass is 35.5. The Kier molecular flexibility index (Phi) is 3.30. The quantitative estimate of drug-likeness (QED) is 0.739. The normalized spacial score (nSPS) is 11.3. The van der Waals surface area contributed by atoms with Gasteiger partial charge in [-0.05, 0) is 24.1 Å². The minimum atomic E-state index is 0.657. The summed E-state index contributed by atoms with van der Waals surface area (Å²) in [6, 6.07) is 6.03. The van der Waals surface area contributed by atoms with Crippen molar-refractivity contribution in [2.24, 2.45) is 0 Å². The van der Waals surface area contributed by atoms with E-state index in [0.29, 0.717) is 5.88 Å². The molecule has 0 N–H and O–H groups in total. The highest BCUT2D eigenvalue weighted by Crippen LogP contribution is 2.12. The minimum absolute atomic E-state index is 0.657. The molecule has 0 fully saturated rings. The number of fused-ring (bicyclic) bond motifs is 1. The number of benzene rings is 1. The van der Waals surface area contributed by atoms with Gasteiger partial charge in [0.05, 0.1) is 11.0 Å². The Morgan fingerprint density at radius 3 is 2.73 bits per heavy atom. The number of aromatic nitrogens is 2. The SMILES string of the molecule is ClCCC=Cc1ccc2nccnc2c1. The number of allylic oxidation sites excluding steroid dienone is 1. The molecule has 2 nitrogen and oxygen atoms in total. The van der Waals surface area contributed by atoms with Gasteiger partial charge in [0.25, 0.3) is 0 Å². The molecular formula is C12H11ClN2. The van der Waals surface area contributed by atoms with Crippen LogP contribution in [0.3, 0.4) is 0 Å². The summed E-state index contributed by atoms with van der Waals surface area (Å²) in [5.74, 6) is 0.657. The number of hydrogen-bond donors (Lipinski definition) is 0. The minimum Gasteiger partial charge on any atom is -0.253 e. The number of alkyl halides is 1. The van der Waals surface area contributed by atoms with Crippen LogP contribution in [0.25, 0.3) is 17.1 Å². The van der Waals surface area contributed by atoms with E-state index in [-0.39, 0.29) is 0 Å². The van der Waals surface area contributed by atoms with Gasteiger partial charge in [-0.2, -0.15) is 0 Å². The molecule has 0 radical (unpaired) electrons. The number of halogens is 1. The molecule has 2 aromatic rings. The molecule has 0 aliphatic heterocycles. The molecule has 2 rings (SSSR count). The first-order valence-corrected chi connectivity index (χ1v) is 5.37. The number of nitrogens with zero attached hydrogens (tertiary/aromatic N) is 2. The molecule has 1 aromatic carbocycles. The lowest BCUT2D eigenvalue weighted by Crippen LogP contribution is -1.82. The smallest absolute Gasteiger partial charge is 0.0892 e. The maximum absolute atomic E-state index is 5.59. The van der Waals surface area contributed by atoms with E-state index in [2.05, 4.69) is 22.1 Å². The number of rotatable bonds is 3. The topological polar surface area (TPSA) is 25.8 Å². The maximum Gasteiger partial charge on any atom is 0.0892 e. The van der Waals surface area contributed by atoms with Gasteiger partial charge in [0.2, 0.25) is 0 Å². The largest absolute Gasteiger partial charge is 0.253 e. The van der Waals surface area contributed by atoms with Gasteiger partial charge < -0.3 is 0 Å². The van der Waals surface area contributed by atoms with E-state index in [4.69, 9.17) is 11.6 Å². The summed E-state index contributed by atoms with van der Waals surface area (Å²) in [6.45, 7) is 0. The van der Waals surface area contributed by atoms with E-state index in [9.17, 15) is 0 Å². The van der Waals surface area contributed by atoms with Crippen LogP contribution in [-0.4, -0.2) is 15.8 Å². The van der Waals surface area contributed by atoms with Gasteiger partial charge >= 0.3 is 0 Å². The van der Waals surface area contributed by atoms with Crippen molar-refractivity contribution in [1.29, 1.82) is 0 Å². The molecular weight excluding hydrogens is 208 g/mol. The Balaban J connectivity index is 2.30. The second kappa shape index (κ2) is 4.89. The first-order valence-electron chi connectivity index (χ1n) is 4.83. The highest BCUT2D eigenvalue weighted by molar-refractivity contribution is 6.17. The second-order valence-corrected chi connectivity index (χ2v) is 3.56. The summed E-state index contributed by atoms with van der Waals surface area (Å²) in [7, 11) is 0. The Morgan fingerprint density at radius 1 is 1.13 bits per heavy atom. The van der Waals surface area contributed by atoms with Crippen molar-refractivity contribution in [3.63, 3.8) is 0 Å². The zero-order valence-corrected chi connectivity index (χ0v) is 8.98. The maximum atomic E-state index is 5.59. The average Bonchev–Trinajstić information content (AvgIpc) is 2.29. The van der Waals surface area contributed by atoms with Gasteiger partial charge in [-0.1, -0.05) is 18.2 Å². The van der Waals surface area contributed by atoms with Gasteiger partial charge in [-0.15, -0.1) is 11.6 Å². The third-order valence-corrected chi connectivity index (χ3v) is 2.30. The fraction of sp³-hybridized carbons (Fsp3) is 0.167. The monoisotopic (exact) mass is 218 g/mol. The molecule has 76 valence electrons. The van der Waals surface area contributed by atoms with Crippen LogP contribution in [-0.2, 0) is 0 Å². The Labute approximate surface area is 93.6 Å². The summed E-state index contributed by atoms with van der Waals surface area (Å²) in [4.78, 5) is 8.46. The van der Waals surface area contributed by atoms with Crippen LogP contribution in [0.2, 0.25) is 0 Å². The third kappa shape index (κ3) is 2.54. The van der Waals surface area contributed by atoms with E-state index in [1.165, 1.54) is 0 Å². The molecule has 1 aromatic heterocycles. The van der Waals surface area contributed by atoms with Crippen LogP contribution in [0, 0.1) is 0 Å². The Hall–Kier alpha value is -1.41. The standard InChI is InChI=1S/C12H11ClN2/c13-6-2-1-3-10-4-5-11-12(9-10)15-8-7-14-11/h1,3-5,7-9H,2,6H2. The summed E-state index contributed by atoms with van der Waals surface area (Å²) in [5, 5.41) is 0. The lowest BCUT2D eigenvalue weighted by molar-refractivity contribution is 1.24. The van der Waals surface area contributed by atoms with Gasteiger partial charge in [0.15, 0.2) is 0 Å². The fourth-order valence-electron chi connectivity index (χ4n) is 1.37. The lowest BCUT2D eigenvalue weighted by Gasteiger charge is -1.97. The molecule has 3 heteroatoms. The molecule has 0 unspecified atom stereocenters. The first kappa shape index (κ1) is 10.1. The van der Waals surface area contributed by atoms with Crippen molar-refractivity contribution >= 4 is 28.7 Å². The van der Waals surface area contributed by atoms with Crippen LogP contribution in [0.1, 0.15) is 12.0 Å². The molecule has 0 spiro atoms. The average molecular weight is 219 g/mol. The van der Waals surface area contributed by atoms with Crippen molar-refractivity contribution in [3.8, 4) is 0 Å². The van der Waals surface area contributed by atoms with Crippen molar-refractivity contribution in [2.45, 2.75) is 6.42 Å². The van der Waals surface area contributed by atoms with Crippen molar-refractivity contribution < 1.29 is 0 Å². The zero-order valence-electron chi connectivity index (χ0n) is 8.23. The molecule has 0 atom stereocenters. The van der Waals surface area contributed by atoms with E-state index < -0.39 is 0 Å². The van der Waals surface area contributed by atoms with Gasteiger partial charge in [0.1, 0.15) is 0 Å². The molecule has 0 aliphatic rings. The van der Waals surface area contributed by atoms with Crippen molar-refractivity contribution in [3.05, 3.63) is 42.2 Å². The number of hydrogen-bond acceptors (Lipinski definition) is 2. The molecule has 0 amide bonds. The van der Waals surface area contributed by atoms with Crippen LogP contribution in [0.15, 0.2) is 36.7 Å². The molecule has 0 aliphatic carbocycles. The molecule has 0 saturated carbocycles. The van der Waals surface area contributed by atoms with E-state index >= 15 is 0 Å². The molecule has 15 heavy (non-hydrogen) atoms. The van der Waals surface area contributed by atoms with E-state index in [1.54, 1.807) is 12.4 Å². The first-order chi connectivity index (χ1) is 7.40. The zero-order chi connectivity index (χ0) is 10.5. The van der Waals surface area contributed by atoms with E-state index in [1.807, 2.05) is 18.2 Å². The predicted octanol–water partition coefficient (Wildman–Crippen LogP) is 3.27. The Bertz CT molecular complexity index is 480. The summed E-state index contributed by atoms with van der Waals surface area (Å²) < 4.78 is 0. The van der Waals surface area contributed by atoms with Crippen LogP contribution < -0.4 is 0 Å². The van der Waals surface area contributed by atoms with Gasteiger partial charge in [-0.25, -0.2) is 0 Å². The van der Waals surface area contributed by atoms with Gasteiger partial charge in [0, 0.05) is 18.3 Å². The second-order valence-electron chi connectivity index (χ2n) is 3.18. The summed E-state index contributed by atoms with van der Waals surface area (Å²) in [5.41, 5.74) is 2.98. The molecule has 0 bridgehead atoms. The fourth-order valence-corrected chi connectivity index (χ4v) is 1.49. The third-order valence-electron chi connectivity index (χ3n) is 2.08. The van der Waals surface area contributed by atoms with Gasteiger partial charge in [-0.3, -0.25) is 9.97 Å². The lowest BCUT2D eigenvalue weighted by atomic mass is 10.1. The summed E-state index contributed by atoms with van der Waals surface area (Å²) in [6.07, 6.45) is 8.40. The molecule has 0 saturated heterocycles. The van der Waals surface area contributed by atoms with Crippen molar-refractivity contribution in [2.75, 3.05) is 5.88 Å². The highest BCUT2D eigenvalue weighted by Gasteiger charge is 1.94. The van der Waals surface area contributed by atoms with E-state index in [0.717, 1.165) is 23.0 Å². The van der Waals surface area contributed by atoms with Crippen LogP contribution in [0.4, 0.5) is 0 Å². The van der Waals surface area contributed by atoms with Crippen LogP contribution in [0.5, 0.6) is 0 Å². The van der Waals surface area contributed by atoms with Crippen LogP contribution >= 0.6 is 11.6 Å². The van der Waals surface area contributed by atoms with Crippen molar-refractivity contribution in [1.82, 2.24) is 9.97 Å². The summed E-state index contributed by atoms with van der Waals surface area (Å²) >= 11 is 5.59. The Morgan fingerprint density at radius 2 is 1.93 bits per heavy atom. The molecule has 1 heterocycles.